The van der Waals surface area contributed by atoms with Gasteiger partial charge in [-0.05, 0) is 18.2 Å². The molecule has 3 nitrogen and oxygen atoms in total. The summed E-state index contributed by atoms with van der Waals surface area (Å²) in [7, 11) is 1.29. The van der Waals surface area contributed by atoms with E-state index >= 15 is 0 Å². The molecule has 2 rings (SSSR count). The molecule has 1 aromatic heterocycles. The van der Waals surface area contributed by atoms with Crippen molar-refractivity contribution in [1.82, 2.24) is 4.98 Å². The second-order valence-electron chi connectivity index (χ2n) is 3.86. The predicted molar refractivity (Wildman–Crippen MR) is 65.0 cm³/mol. The molecule has 1 heterocycles. The third-order valence-corrected chi connectivity index (χ3v) is 3.63. The second kappa shape index (κ2) is 5.16. The fraction of sp³-hybridized carbons (Fsp3) is 0.333. The van der Waals surface area contributed by atoms with Crippen molar-refractivity contribution in [3.63, 3.8) is 0 Å². The van der Waals surface area contributed by atoms with Gasteiger partial charge in [-0.2, -0.15) is 13.2 Å². The first-order valence-corrected chi connectivity index (χ1v) is 6.25. The summed E-state index contributed by atoms with van der Waals surface area (Å²) in [5, 5.41) is 0.625. The molecule has 0 N–H and O–H groups in total. The van der Waals surface area contributed by atoms with Crippen molar-refractivity contribution < 1.29 is 22.7 Å². The van der Waals surface area contributed by atoms with E-state index in [9.17, 15) is 18.0 Å². The van der Waals surface area contributed by atoms with E-state index in [4.69, 9.17) is 0 Å². The second-order valence-corrected chi connectivity index (χ2v) is 4.98. The van der Waals surface area contributed by atoms with Crippen LogP contribution in [0.3, 0.4) is 0 Å². The highest BCUT2D eigenvalue weighted by atomic mass is 32.1. The lowest BCUT2D eigenvalue weighted by Crippen LogP contribution is -2.04. The fourth-order valence-corrected chi connectivity index (χ4v) is 2.52. The highest BCUT2D eigenvalue weighted by molar-refractivity contribution is 7.18. The maximum Gasteiger partial charge on any atom is 0.416 e. The van der Waals surface area contributed by atoms with E-state index < -0.39 is 11.7 Å². The van der Waals surface area contributed by atoms with Crippen molar-refractivity contribution in [3.8, 4) is 0 Å². The van der Waals surface area contributed by atoms with Crippen LogP contribution < -0.4 is 0 Å². The number of benzene rings is 1. The average molecular weight is 289 g/mol. The van der Waals surface area contributed by atoms with Gasteiger partial charge < -0.3 is 4.74 Å². The molecule has 0 aliphatic rings. The number of thiazole rings is 1. The molecule has 0 unspecified atom stereocenters. The van der Waals surface area contributed by atoms with Crippen molar-refractivity contribution in [2.45, 2.75) is 19.0 Å². The van der Waals surface area contributed by atoms with Gasteiger partial charge in [0.2, 0.25) is 0 Å². The molecule has 0 aliphatic heterocycles. The number of ether oxygens (including phenoxy) is 1. The van der Waals surface area contributed by atoms with Crippen LogP contribution in [0.5, 0.6) is 0 Å². The maximum atomic E-state index is 12.5. The number of esters is 1. The Balaban J connectivity index is 2.23. The van der Waals surface area contributed by atoms with Gasteiger partial charge >= 0.3 is 12.1 Å². The van der Waals surface area contributed by atoms with Crippen LogP contribution in [0.1, 0.15) is 17.0 Å². The summed E-state index contributed by atoms with van der Waals surface area (Å²) < 4.78 is 42.8. The van der Waals surface area contributed by atoms with E-state index in [-0.39, 0.29) is 12.4 Å². The van der Waals surface area contributed by atoms with Gasteiger partial charge in [-0.1, -0.05) is 0 Å². The van der Waals surface area contributed by atoms with Crippen molar-refractivity contribution >= 4 is 27.5 Å². The van der Waals surface area contributed by atoms with Crippen molar-refractivity contribution in [2.75, 3.05) is 7.11 Å². The van der Waals surface area contributed by atoms with Gasteiger partial charge in [-0.25, -0.2) is 4.98 Å². The van der Waals surface area contributed by atoms with Crippen molar-refractivity contribution in [1.29, 1.82) is 0 Å². The Bertz CT molecular complexity index is 607. The smallest absolute Gasteiger partial charge is 0.416 e. The molecule has 0 aliphatic carbocycles. The minimum atomic E-state index is -4.37. The Kier molecular flexibility index (Phi) is 3.75. The standard InChI is InChI=1S/C12H10F3NO2S/c1-18-11(17)5-4-10-16-8-6-7(12(13,14)15)2-3-9(8)19-10/h2-3,6H,4-5H2,1H3. The minimum absolute atomic E-state index is 0.169. The van der Waals surface area contributed by atoms with Crippen LogP contribution in [0.15, 0.2) is 18.2 Å². The van der Waals surface area contributed by atoms with E-state index in [0.29, 0.717) is 21.6 Å². The summed E-state index contributed by atoms with van der Waals surface area (Å²) in [6.07, 6.45) is -3.83. The summed E-state index contributed by atoms with van der Waals surface area (Å²) >= 11 is 1.28. The van der Waals surface area contributed by atoms with Crippen LogP contribution in [0.4, 0.5) is 13.2 Å². The molecular weight excluding hydrogens is 279 g/mol. The predicted octanol–water partition coefficient (Wildman–Crippen LogP) is 3.42. The lowest BCUT2D eigenvalue weighted by atomic mass is 10.2. The van der Waals surface area contributed by atoms with Gasteiger partial charge in [0.25, 0.3) is 0 Å². The van der Waals surface area contributed by atoms with Gasteiger partial charge in [0.15, 0.2) is 0 Å². The number of hydrogen-bond donors (Lipinski definition) is 0. The van der Waals surface area contributed by atoms with Crippen LogP contribution in [0, 0.1) is 0 Å². The number of carbonyl (C=O) groups is 1. The van der Waals surface area contributed by atoms with Crippen molar-refractivity contribution in [3.05, 3.63) is 28.8 Å². The Morgan fingerprint density at radius 2 is 2.16 bits per heavy atom. The third-order valence-electron chi connectivity index (χ3n) is 2.53. The quantitative estimate of drug-likeness (QED) is 0.813. The molecule has 7 heteroatoms. The lowest BCUT2D eigenvalue weighted by molar-refractivity contribution is -0.140. The Hall–Kier alpha value is -1.63. The van der Waals surface area contributed by atoms with Crippen molar-refractivity contribution in [2.24, 2.45) is 0 Å². The number of hydrogen-bond acceptors (Lipinski definition) is 4. The first-order valence-electron chi connectivity index (χ1n) is 5.43. The van der Waals surface area contributed by atoms with Crippen LogP contribution in [0.25, 0.3) is 10.2 Å². The number of halogens is 3. The Labute approximate surface area is 111 Å². The lowest BCUT2D eigenvalue weighted by Gasteiger charge is -2.04. The molecule has 0 saturated heterocycles. The molecule has 102 valence electrons. The van der Waals surface area contributed by atoms with Gasteiger partial charge in [0.1, 0.15) is 0 Å². The number of aromatic nitrogens is 1. The van der Waals surface area contributed by atoms with E-state index in [1.54, 1.807) is 0 Å². The number of fused-ring (bicyclic) bond motifs is 1. The number of aryl methyl sites for hydroxylation is 1. The Morgan fingerprint density at radius 3 is 2.79 bits per heavy atom. The van der Waals surface area contributed by atoms with Crippen LogP contribution in [0.2, 0.25) is 0 Å². The van der Waals surface area contributed by atoms with E-state index in [1.165, 1.54) is 24.5 Å². The molecule has 1 aromatic carbocycles. The molecule has 0 bridgehead atoms. The number of methoxy groups -OCH3 is 1. The maximum absolute atomic E-state index is 12.5. The number of alkyl halides is 3. The first-order chi connectivity index (χ1) is 8.90. The highest BCUT2D eigenvalue weighted by Gasteiger charge is 2.30. The van der Waals surface area contributed by atoms with Gasteiger partial charge in [0, 0.05) is 6.42 Å². The molecule has 0 atom stereocenters. The molecular formula is C12H10F3NO2S. The minimum Gasteiger partial charge on any atom is -0.469 e. The topological polar surface area (TPSA) is 39.2 Å². The van der Waals surface area contributed by atoms with Gasteiger partial charge in [0.05, 0.1) is 34.3 Å². The average Bonchev–Trinajstić information content (AvgIpc) is 2.76. The van der Waals surface area contributed by atoms with Gasteiger partial charge in [-0.3, -0.25) is 4.79 Å². The molecule has 19 heavy (non-hydrogen) atoms. The van der Waals surface area contributed by atoms with E-state index in [2.05, 4.69) is 9.72 Å². The van der Waals surface area contributed by atoms with Crippen LogP contribution >= 0.6 is 11.3 Å². The zero-order valence-corrected chi connectivity index (χ0v) is 10.8. The summed E-state index contributed by atoms with van der Waals surface area (Å²) in [4.78, 5) is 15.1. The zero-order chi connectivity index (χ0) is 14.0. The molecule has 0 fully saturated rings. The van der Waals surface area contributed by atoms with Crippen LogP contribution in [-0.4, -0.2) is 18.1 Å². The molecule has 0 saturated carbocycles. The largest absolute Gasteiger partial charge is 0.469 e. The molecule has 0 spiro atoms. The fourth-order valence-electron chi connectivity index (χ4n) is 1.57. The summed E-state index contributed by atoms with van der Waals surface area (Å²) in [5.74, 6) is -0.366. The number of nitrogens with zero attached hydrogens (tertiary/aromatic N) is 1. The van der Waals surface area contributed by atoms with E-state index in [1.807, 2.05) is 0 Å². The summed E-state index contributed by atoms with van der Waals surface area (Å²) in [6, 6.07) is 3.45. The Morgan fingerprint density at radius 1 is 1.42 bits per heavy atom. The first kappa shape index (κ1) is 13.8. The molecule has 0 amide bonds. The molecule has 0 radical (unpaired) electrons. The summed E-state index contributed by atoms with van der Waals surface area (Å²) in [6.45, 7) is 0. The monoisotopic (exact) mass is 289 g/mol. The van der Waals surface area contributed by atoms with E-state index in [0.717, 1.165) is 12.1 Å². The molecule has 2 aromatic rings. The number of rotatable bonds is 3. The SMILES string of the molecule is COC(=O)CCc1nc2cc(C(F)(F)F)ccc2s1. The zero-order valence-electron chi connectivity index (χ0n) is 9.95. The van der Waals surface area contributed by atoms with Crippen LogP contribution in [-0.2, 0) is 22.1 Å². The summed E-state index contributed by atoms with van der Waals surface area (Å²) in [5.41, 5.74) is -0.412. The normalized spacial score (nSPS) is 11.8. The third kappa shape index (κ3) is 3.23. The van der Waals surface area contributed by atoms with Gasteiger partial charge in [-0.15, -0.1) is 11.3 Å². The number of carbonyl (C=O) groups excluding carboxylic acids is 1. The highest BCUT2D eigenvalue weighted by Crippen LogP contribution is 2.33.